The molecule has 1 saturated carbocycles. The van der Waals surface area contributed by atoms with E-state index < -0.39 is 0 Å². The van der Waals surface area contributed by atoms with Crippen LogP contribution >= 0.6 is 11.8 Å². The molecule has 2 aromatic carbocycles. The molecule has 162 valence electrons. The Kier molecular flexibility index (Phi) is 6.82. The molecule has 31 heavy (non-hydrogen) atoms. The Morgan fingerprint density at radius 2 is 2.06 bits per heavy atom. The molecule has 1 aliphatic rings. The molecule has 0 bridgehead atoms. The lowest BCUT2D eigenvalue weighted by atomic mass is 10.2. The maximum atomic E-state index is 12.6. The zero-order chi connectivity index (χ0) is 21.6. The highest BCUT2D eigenvalue weighted by molar-refractivity contribution is 7.99. The number of nitrogens with one attached hydrogen (secondary N) is 1. The molecule has 1 heterocycles. The predicted molar refractivity (Wildman–Crippen MR) is 121 cm³/mol. The van der Waals surface area contributed by atoms with Gasteiger partial charge >= 0.3 is 0 Å². The third kappa shape index (κ3) is 5.41. The van der Waals surface area contributed by atoms with Crippen molar-refractivity contribution in [2.75, 3.05) is 19.5 Å². The van der Waals surface area contributed by atoms with Gasteiger partial charge in [0.2, 0.25) is 5.89 Å². The zero-order valence-corrected chi connectivity index (χ0v) is 18.5. The highest BCUT2D eigenvalue weighted by Gasteiger charge is 2.23. The molecule has 1 fully saturated rings. The van der Waals surface area contributed by atoms with Crippen molar-refractivity contribution in [3.05, 3.63) is 60.0 Å². The number of nitrogens with zero attached hydrogens (tertiary/aromatic N) is 1. The quantitative estimate of drug-likeness (QED) is 0.440. The number of thioether (sulfide) groups is 1. The van der Waals surface area contributed by atoms with E-state index in [0.717, 1.165) is 16.2 Å². The molecule has 3 aromatic rings. The summed E-state index contributed by atoms with van der Waals surface area (Å²) in [4.78, 5) is 18.1. The molecule has 0 radical (unpaired) electrons. The monoisotopic (exact) mass is 438 g/mol. The van der Waals surface area contributed by atoms with Crippen LogP contribution in [0.25, 0.3) is 11.5 Å². The van der Waals surface area contributed by atoms with Crippen molar-refractivity contribution in [2.45, 2.75) is 31.2 Å². The minimum atomic E-state index is -0.124. The molecule has 0 atom stereocenters. The van der Waals surface area contributed by atoms with Gasteiger partial charge in [0.05, 0.1) is 31.5 Å². The van der Waals surface area contributed by atoms with Crippen molar-refractivity contribution in [3.8, 4) is 23.0 Å². The summed E-state index contributed by atoms with van der Waals surface area (Å²) in [5.74, 6) is 3.28. The van der Waals surface area contributed by atoms with Gasteiger partial charge in [-0.25, -0.2) is 4.98 Å². The number of benzene rings is 2. The van der Waals surface area contributed by atoms with Gasteiger partial charge < -0.3 is 19.2 Å². The molecular weight excluding hydrogens is 412 g/mol. The van der Waals surface area contributed by atoms with E-state index in [4.69, 9.17) is 13.9 Å². The highest BCUT2D eigenvalue weighted by atomic mass is 32.2. The van der Waals surface area contributed by atoms with Crippen LogP contribution < -0.4 is 14.8 Å². The summed E-state index contributed by atoms with van der Waals surface area (Å²) in [5, 5.41) is 2.93. The molecular formula is C24H26N2O4S. The maximum absolute atomic E-state index is 12.6. The molecule has 7 heteroatoms. The second-order valence-corrected chi connectivity index (χ2v) is 8.68. The van der Waals surface area contributed by atoms with E-state index in [1.165, 1.54) is 12.8 Å². The van der Waals surface area contributed by atoms with Crippen LogP contribution in [0.4, 0.5) is 0 Å². The number of aromatic nitrogens is 1. The molecule has 1 aromatic heterocycles. The van der Waals surface area contributed by atoms with Gasteiger partial charge in [0.15, 0.2) is 11.5 Å². The third-order valence-electron chi connectivity index (χ3n) is 5.00. The molecule has 0 saturated heterocycles. The van der Waals surface area contributed by atoms with E-state index >= 15 is 0 Å². The Labute approximate surface area is 186 Å². The average Bonchev–Trinajstić information content (AvgIpc) is 3.51. The SMILES string of the molecule is CCSc1ccccc1C(=O)NCc1coc(-c2ccc(OC)c(OCC3CC3)c2)n1. The fourth-order valence-corrected chi connectivity index (χ4v) is 3.94. The Bertz CT molecular complexity index is 1050. The van der Waals surface area contributed by atoms with Crippen LogP contribution in [0.5, 0.6) is 11.5 Å². The van der Waals surface area contributed by atoms with Crippen LogP contribution in [0.15, 0.2) is 58.0 Å². The predicted octanol–water partition coefficient (Wildman–Crippen LogP) is 5.18. The first-order valence-corrected chi connectivity index (χ1v) is 11.4. The first-order valence-electron chi connectivity index (χ1n) is 10.4. The van der Waals surface area contributed by atoms with E-state index in [-0.39, 0.29) is 12.5 Å². The minimum absolute atomic E-state index is 0.124. The molecule has 0 aliphatic heterocycles. The van der Waals surface area contributed by atoms with Gasteiger partial charge in [0.1, 0.15) is 6.26 Å². The molecule has 0 unspecified atom stereocenters. The number of oxazole rings is 1. The number of amides is 1. The lowest BCUT2D eigenvalue weighted by Crippen LogP contribution is -2.23. The van der Waals surface area contributed by atoms with Crippen molar-refractivity contribution >= 4 is 17.7 Å². The summed E-state index contributed by atoms with van der Waals surface area (Å²) in [6.45, 7) is 3.05. The van der Waals surface area contributed by atoms with Crippen molar-refractivity contribution in [1.82, 2.24) is 10.3 Å². The number of carbonyl (C=O) groups is 1. The Morgan fingerprint density at radius 3 is 2.84 bits per heavy atom. The summed E-state index contributed by atoms with van der Waals surface area (Å²) in [6, 6.07) is 13.2. The first-order chi connectivity index (χ1) is 15.2. The van der Waals surface area contributed by atoms with Gasteiger partial charge in [-0.2, -0.15) is 0 Å². The molecule has 1 aliphatic carbocycles. The van der Waals surface area contributed by atoms with Crippen LogP contribution in [0, 0.1) is 5.92 Å². The molecule has 0 spiro atoms. The van der Waals surface area contributed by atoms with Crippen molar-refractivity contribution in [3.63, 3.8) is 0 Å². The van der Waals surface area contributed by atoms with Crippen LogP contribution in [0.3, 0.4) is 0 Å². The molecule has 1 amide bonds. The van der Waals surface area contributed by atoms with Gasteiger partial charge in [0.25, 0.3) is 5.91 Å². The van der Waals surface area contributed by atoms with Crippen LogP contribution in [-0.4, -0.2) is 30.4 Å². The van der Waals surface area contributed by atoms with Gasteiger partial charge in [0, 0.05) is 10.5 Å². The molecule has 1 N–H and O–H groups in total. The Hall–Kier alpha value is -2.93. The summed E-state index contributed by atoms with van der Waals surface area (Å²) in [7, 11) is 1.63. The fourth-order valence-electron chi connectivity index (χ4n) is 3.14. The largest absolute Gasteiger partial charge is 0.493 e. The van der Waals surface area contributed by atoms with Gasteiger partial charge in [-0.1, -0.05) is 19.1 Å². The number of carbonyl (C=O) groups excluding carboxylic acids is 1. The Balaban J connectivity index is 1.42. The standard InChI is InChI=1S/C24H26N2O4S/c1-3-31-22-7-5-4-6-19(22)23(27)25-13-18-15-30-24(26-18)17-10-11-20(28-2)21(12-17)29-14-16-8-9-16/h4-7,10-12,15-16H,3,8-9,13-14H2,1-2H3,(H,25,27). The summed E-state index contributed by atoms with van der Waals surface area (Å²) in [5.41, 5.74) is 2.12. The van der Waals surface area contributed by atoms with Crippen molar-refractivity contribution in [1.29, 1.82) is 0 Å². The minimum Gasteiger partial charge on any atom is -0.493 e. The summed E-state index contributed by atoms with van der Waals surface area (Å²) < 4.78 is 17.0. The third-order valence-corrected chi connectivity index (χ3v) is 5.95. The molecule has 6 nitrogen and oxygen atoms in total. The zero-order valence-electron chi connectivity index (χ0n) is 17.7. The van der Waals surface area contributed by atoms with E-state index in [0.29, 0.717) is 41.2 Å². The van der Waals surface area contributed by atoms with E-state index in [1.807, 2.05) is 42.5 Å². The van der Waals surface area contributed by atoms with E-state index in [2.05, 4.69) is 17.2 Å². The van der Waals surface area contributed by atoms with Gasteiger partial charge in [-0.15, -0.1) is 11.8 Å². The highest BCUT2D eigenvalue weighted by Crippen LogP contribution is 2.35. The number of rotatable bonds is 10. The Morgan fingerprint density at radius 1 is 1.23 bits per heavy atom. The number of hydrogen-bond donors (Lipinski definition) is 1. The smallest absolute Gasteiger partial charge is 0.252 e. The van der Waals surface area contributed by atoms with Crippen molar-refractivity contribution in [2.24, 2.45) is 5.92 Å². The van der Waals surface area contributed by atoms with Gasteiger partial charge in [-0.3, -0.25) is 4.79 Å². The number of ether oxygens (including phenoxy) is 2. The second-order valence-electron chi connectivity index (χ2n) is 7.38. The average molecular weight is 439 g/mol. The van der Waals surface area contributed by atoms with E-state index in [9.17, 15) is 4.79 Å². The normalized spacial score (nSPS) is 13.1. The number of methoxy groups -OCH3 is 1. The van der Waals surface area contributed by atoms with E-state index in [1.54, 1.807) is 25.1 Å². The lowest BCUT2D eigenvalue weighted by Gasteiger charge is -2.11. The van der Waals surface area contributed by atoms with Crippen LogP contribution in [0.2, 0.25) is 0 Å². The number of hydrogen-bond acceptors (Lipinski definition) is 6. The lowest BCUT2D eigenvalue weighted by molar-refractivity contribution is 0.0947. The summed E-state index contributed by atoms with van der Waals surface area (Å²) >= 11 is 1.65. The maximum Gasteiger partial charge on any atom is 0.252 e. The van der Waals surface area contributed by atoms with Crippen LogP contribution in [-0.2, 0) is 6.54 Å². The molecule has 4 rings (SSSR count). The topological polar surface area (TPSA) is 73.6 Å². The van der Waals surface area contributed by atoms with Crippen LogP contribution in [0.1, 0.15) is 35.8 Å². The second kappa shape index (κ2) is 9.92. The van der Waals surface area contributed by atoms with Gasteiger partial charge in [-0.05, 0) is 54.8 Å². The summed E-state index contributed by atoms with van der Waals surface area (Å²) in [6.07, 6.45) is 4.01. The first kappa shape index (κ1) is 21.3. The van der Waals surface area contributed by atoms with Crippen molar-refractivity contribution < 1.29 is 18.7 Å². The fraction of sp³-hybridized carbons (Fsp3) is 0.333.